The molecule has 6 heteroatoms. The number of nitrogens with zero attached hydrogens (tertiary/aromatic N) is 1. The van der Waals surface area contributed by atoms with Crippen molar-refractivity contribution in [2.24, 2.45) is 0 Å². The van der Waals surface area contributed by atoms with Crippen LogP contribution in [0.3, 0.4) is 0 Å². The van der Waals surface area contributed by atoms with Gasteiger partial charge in [-0.05, 0) is 25.2 Å². The lowest BCUT2D eigenvalue weighted by Gasteiger charge is -2.13. The third-order valence-electron chi connectivity index (χ3n) is 2.72. The second-order valence-corrected chi connectivity index (χ2v) is 6.43. The quantitative estimate of drug-likeness (QED) is 0.723. The van der Waals surface area contributed by atoms with Gasteiger partial charge in [0, 0.05) is 18.3 Å². The zero-order valence-corrected chi connectivity index (χ0v) is 13.9. The highest BCUT2D eigenvalue weighted by Crippen LogP contribution is 2.29. The number of aromatic nitrogens is 1. The summed E-state index contributed by atoms with van der Waals surface area (Å²) in [7, 11) is 0. The lowest BCUT2D eigenvalue weighted by molar-refractivity contribution is 0.850. The van der Waals surface area contributed by atoms with Gasteiger partial charge in [-0.25, -0.2) is 4.98 Å². The monoisotopic (exact) mass is 321 g/mol. The Kier molecular flexibility index (Phi) is 7.73. The van der Waals surface area contributed by atoms with E-state index in [0.717, 1.165) is 25.9 Å². The normalized spacial score (nSPS) is 12.3. The number of nitrogens with one attached hydrogen (secondary N) is 2. The van der Waals surface area contributed by atoms with Crippen LogP contribution < -0.4 is 10.6 Å². The summed E-state index contributed by atoms with van der Waals surface area (Å²) in [6, 6.07) is 1.73. The topological polar surface area (TPSA) is 37.0 Å². The maximum Gasteiger partial charge on any atom is 0.147 e. The molecule has 1 unspecified atom stereocenters. The first-order valence-corrected chi connectivity index (χ1v) is 8.49. The molecule has 0 fully saturated rings. The fourth-order valence-corrected chi connectivity index (χ4v) is 2.32. The summed E-state index contributed by atoms with van der Waals surface area (Å²) in [6.07, 6.45) is 4.21. The highest BCUT2D eigenvalue weighted by atomic mass is 35.5. The smallest absolute Gasteiger partial charge is 0.147 e. The number of anilines is 2. The van der Waals surface area contributed by atoms with Crippen LogP contribution in [0.2, 0.25) is 10.0 Å². The van der Waals surface area contributed by atoms with Gasteiger partial charge in [0.05, 0.1) is 10.0 Å². The van der Waals surface area contributed by atoms with Crippen molar-refractivity contribution >= 4 is 46.6 Å². The van der Waals surface area contributed by atoms with E-state index in [0.29, 0.717) is 26.9 Å². The first-order chi connectivity index (χ1) is 9.08. The van der Waals surface area contributed by atoms with Gasteiger partial charge in [0.1, 0.15) is 11.6 Å². The molecular weight excluding hydrogens is 301 g/mol. The van der Waals surface area contributed by atoms with Crippen molar-refractivity contribution in [2.75, 3.05) is 30.0 Å². The molecule has 1 aromatic rings. The summed E-state index contributed by atoms with van der Waals surface area (Å²) >= 11 is 14.1. The van der Waals surface area contributed by atoms with Crippen molar-refractivity contribution in [1.82, 2.24) is 4.98 Å². The van der Waals surface area contributed by atoms with Crippen molar-refractivity contribution in [2.45, 2.75) is 31.9 Å². The third kappa shape index (κ3) is 5.67. The number of hydrogen-bond acceptors (Lipinski definition) is 4. The predicted molar refractivity (Wildman–Crippen MR) is 89.1 cm³/mol. The molecule has 1 rings (SSSR count). The first kappa shape index (κ1) is 16.7. The van der Waals surface area contributed by atoms with E-state index in [1.54, 1.807) is 6.07 Å². The summed E-state index contributed by atoms with van der Waals surface area (Å²) in [5.41, 5.74) is 0. The average Bonchev–Trinajstić information content (AvgIpc) is 2.39. The van der Waals surface area contributed by atoms with Crippen molar-refractivity contribution < 1.29 is 0 Å². The zero-order chi connectivity index (χ0) is 14.3. The molecule has 1 atom stereocenters. The molecule has 0 saturated heterocycles. The Labute approximate surface area is 129 Å². The van der Waals surface area contributed by atoms with Crippen LogP contribution in [0.4, 0.5) is 11.6 Å². The molecule has 19 heavy (non-hydrogen) atoms. The Morgan fingerprint density at radius 2 is 1.79 bits per heavy atom. The largest absolute Gasteiger partial charge is 0.369 e. The minimum absolute atomic E-state index is 0.557. The van der Waals surface area contributed by atoms with Crippen LogP contribution in [-0.4, -0.2) is 29.6 Å². The van der Waals surface area contributed by atoms with Crippen LogP contribution in [0, 0.1) is 0 Å². The minimum atomic E-state index is 0.557. The highest BCUT2D eigenvalue weighted by Gasteiger charge is 2.09. The van der Waals surface area contributed by atoms with E-state index < -0.39 is 0 Å². The third-order valence-corrected chi connectivity index (χ3v) is 4.33. The van der Waals surface area contributed by atoms with E-state index in [1.165, 1.54) is 0 Å². The van der Waals surface area contributed by atoms with Crippen molar-refractivity contribution in [3.05, 3.63) is 16.1 Å². The van der Waals surface area contributed by atoms with Crippen molar-refractivity contribution in [3.8, 4) is 0 Å². The van der Waals surface area contributed by atoms with Gasteiger partial charge in [0.25, 0.3) is 0 Å². The van der Waals surface area contributed by atoms with E-state index in [2.05, 4.69) is 35.7 Å². The number of hydrogen-bond donors (Lipinski definition) is 2. The van der Waals surface area contributed by atoms with Crippen LogP contribution in [0.15, 0.2) is 6.07 Å². The van der Waals surface area contributed by atoms with Crippen LogP contribution in [0.25, 0.3) is 0 Å². The molecule has 0 aliphatic carbocycles. The van der Waals surface area contributed by atoms with Gasteiger partial charge in [-0.3, -0.25) is 0 Å². The molecule has 108 valence electrons. The zero-order valence-electron chi connectivity index (χ0n) is 11.6. The Morgan fingerprint density at radius 3 is 2.32 bits per heavy atom. The highest BCUT2D eigenvalue weighted by molar-refractivity contribution is 7.99. The van der Waals surface area contributed by atoms with Gasteiger partial charge in [-0.15, -0.1) is 0 Å². The number of halogens is 2. The van der Waals surface area contributed by atoms with Gasteiger partial charge in [-0.2, -0.15) is 11.8 Å². The minimum Gasteiger partial charge on any atom is -0.369 e. The molecule has 0 bridgehead atoms. The lowest BCUT2D eigenvalue weighted by atomic mass is 10.3. The molecule has 0 amide bonds. The molecule has 3 nitrogen and oxygen atoms in total. The second-order valence-electron chi connectivity index (χ2n) is 4.34. The summed E-state index contributed by atoms with van der Waals surface area (Å²) in [4.78, 5) is 4.44. The molecule has 2 N–H and O–H groups in total. The number of pyridine rings is 1. The fourth-order valence-electron chi connectivity index (χ4n) is 1.47. The first-order valence-electron chi connectivity index (χ1n) is 6.45. The SMILES string of the molecule is CCCNc1nc(NCCC(C)SC)c(Cl)cc1Cl. The average molecular weight is 322 g/mol. The second kappa shape index (κ2) is 8.77. The van der Waals surface area contributed by atoms with E-state index in [1.807, 2.05) is 11.8 Å². The maximum atomic E-state index is 6.14. The molecule has 0 aromatic carbocycles. The molecule has 0 radical (unpaired) electrons. The molecule has 1 aromatic heterocycles. The summed E-state index contributed by atoms with van der Waals surface area (Å²) < 4.78 is 0. The Bertz CT molecular complexity index is 402. The van der Waals surface area contributed by atoms with Gasteiger partial charge < -0.3 is 10.6 Å². The Hall–Kier alpha value is -0.320. The molecule has 0 aliphatic heterocycles. The summed E-state index contributed by atoms with van der Waals surface area (Å²) in [5.74, 6) is 1.38. The molecular formula is C13H21Cl2N3S. The Balaban J connectivity index is 2.66. The molecule has 0 spiro atoms. The lowest BCUT2D eigenvalue weighted by Crippen LogP contribution is -2.10. The Morgan fingerprint density at radius 1 is 1.21 bits per heavy atom. The van der Waals surface area contributed by atoms with Crippen molar-refractivity contribution in [1.29, 1.82) is 0 Å². The standard InChI is InChI=1S/C13H21Cl2N3S/c1-4-6-16-12-10(14)8-11(15)13(18-12)17-7-5-9(2)19-3/h8-9H,4-7H2,1-3H3,(H2,16,17,18). The molecule has 0 aliphatic rings. The van der Waals surface area contributed by atoms with E-state index >= 15 is 0 Å². The van der Waals surface area contributed by atoms with E-state index in [4.69, 9.17) is 23.2 Å². The van der Waals surface area contributed by atoms with Gasteiger partial charge in [0.15, 0.2) is 0 Å². The van der Waals surface area contributed by atoms with Gasteiger partial charge >= 0.3 is 0 Å². The van der Waals surface area contributed by atoms with Crippen LogP contribution in [0.1, 0.15) is 26.7 Å². The van der Waals surface area contributed by atoms with E-state index in [9.17, 15) is 0 Å². The van der Waals surface area contributed by atoms with Crippen LogP contribution >= 0.6 is 35.0 Å². The van der Waals surface area contributed by atoms with Crippen LogP contribution in [0.5, 0.6) is 0 Å². The van der Waals surface area contributed by atoms with Crippen LogP contribution in [-0.2, 0) is 0 Å². The summed E-state index contributed by atoms with van der Waals surface area (Å²) in [5, 5.41) is 8.20. The number of thioether (sulfide) groups is 1. The molecule has 0 saturated carbocycles. The van der Waals surface area contributed by atoms with E-state index in [-0.39, 0.29) is 0 Å². The predicted octanol–water partition coefficient (Wildman–Crippen LogP) is 4.76. The maximum absolute atomic E-state index is 6.14. The van der Waals surface area contributed by atoms with Gasteiger partial charge in [-0.1, -0.05) is 37.0 Å². The van der Waals surface area contributed by atoms with Crippen molar-refractivity contribution in [3.63, 3.8) is 0 Å². The molecule has 1 heterocycles. The van der Waals surface area contributed by atoms with Gasteiger partial charge in [0.2, 0.25) is 0 Å². The summed E-state index contributed by atoms with van der Waals surface area (Å²) in [6.45, 7) is 6.00. The fraction of sp³-hybridized carbons (Fsp3) is 0.615. The number of rotatable bonds is 8.